The fraction of sp³-hybridized carbons (Fsp3) is 0.222. The Morgan fingerprint density at radius 2 is 1.80 bits per heavy atom. The normalized spacial score (nSPS) is 11.3. The molecule has 1 rings (SSSR count). The molecule has 0 aromatic heterocycles. The van der Waals surface area contributed by atoms with E-state index in [4.69, 9.17) is 16.7 Å². The highest BCUT2D eigenvalue weighted by molar-refractivity contribution is 7.91. The largest absolute Gasteiger partial charge is 0.303 e. The Hall–Kier alpha value is -1.42. The highest BCUT2D eigenvalue weighted by Gasteiger charge is 2.17. The molecule has 0 atom stereocenters. The molecule has 0 radical (unpaired) electrons. The molecular formula is C9H11N3O2S. The average Bonchev–Trinajstić information content (AvgIpc) is 2.18. The van der Waals surface area contributed by atoms with Crippen LogP contribution in [0.15, 0.2) is 24.3 Å². The molecule has 0 spiro atoms. The first kappa shape index (κ1) is 11.7. The van der Waals surface area contributed by atoms with Gasteiger partial charge in [0.2, 0.25) is 0 Å². The van der Waals surface area contributed by atoms with Crippen molar-refractivity contribution in [1.29, 1.82) is 5.26 Å². The van der Waals surface area contributed by atoms with Crippen LogP contribution < -0.4 is 11.5 Å². The van der Waals surface area contributed by atoms with Gasteiger partial charge >= 0.3 is 0 Å². The summed E-state index contributed by atoms with van der Waals surface area (Å²) in [5.41, 5.74) is 9.90. The van der Waals surface area contributed by atoms with Crippen LogP contribution in [0.5, 0.6) is 0 Å². The first-order valence-electron chi connectivity index (χ1n) is 4.17. The summed E-state index contributed by atoms with van der Waals surface area (Å²) in [4.78, 5) is 0. The van der Waals surface area contributed by atoms with Crippen LogP contribution >= 0.6 is 0 Å². The number of sulfone groups is 1. The Bertz CT molecular complexity index is 471. The Balaban J connectivity index is 2.88. The van der Waals surface area contributed by atoms with Crippen LogP contribution in [0.3, 0.4) is 0 Å². The minimum atomic E-state index is -3.50. The SMILES string of the molecule is N#Cc1ccc(CS(=O)(=O)C(N)N)cc1. The zero-order valence-electron chi connectivity index (χ0n) is 7.92. The molecule has 6 heteroatoms. The smallest absolute Gasteiger partial charge is 0.183 e. The molecule has 0 unspecified atom stereocenters. The maximum absolute atomic E-state index is 11.3. The molecule has 0 aliphatic rings. The number of hydrogen-bond acceptors (Lipinski definition) is 5. The molecule has 5 nitrogen and oxygen atoms in total. The number of benzene rings is 1. The highest BCUT2D eigenvalue weighted by atomic mass is 32.2. The van der Waals surface area contributed by atoms with Gasteiger partial charge in [-0.2, -0.15) is 5.26 Å². The van der Waals surface area contributed by atoms with Crippen molar-refractivity contribution >= 4 is 9.84 Å². The van der Waals surface area contributed by atoms with Crippen molar-refractivity contribution in [2.24, 2.45) is 11.5 Å². The number of nitrogens with two attached hydrogens (primary N) is 2. The lowest BCUT2D eigenvalue weighted by molar-refractivity contribution is 0.581. The quantitative estimate of drug-likeness (QED) is 0.685. The van der Waals surface area contributed by atoms with Crippen LogP contribution in [-0.2, 0) is 15.6 Å². The Morgan fingerprint density at radius 3 is 2.20 bits per heavy atom. The number of rotatable bonds is 3. The molecule has 0 heterocycles. The van der Waals surface area contributed by atoms with Crippen LogP contribution in [0.4, 0.5) is 0 Å². The molecule has 0 aliphatic carbocycles. The molecule has 1 aromatic rings. The summed E-state index contributed by atoms with van der Waals surface area (Å²) in [5, 5.41) is 8.54. The van der Waals surface area contributed by atoms with Gasteiger partial charge in [0.05, 0.1) is 17.4 Å². The fourth-order valence-corrected chi connectivity index (χ4v) is 1.85. The van der Waals surface area contributed by atoms with Crippen molar-refractivity contribution in [3.63, 3.8) is 0 Å². The van der Waals surface area contributed by atoms with Crippen LogP contribution in [-0.4, -0.2) is 13.9 Å². The van der Waals surface area contributed by atoms with Crippen molar-refractivity contribution < 1.29 is 8.42 Å². The molecule has 0 saturated carbocycles. The molecule has 15 heavy (non-hydrogen) atoms. The first-order chi connectivity index (χ1) is 6.95. The average molecular weight is 225 g/mol. The fourth-order valence-electron chi connectivity index (χ4n) is 1.00. The van der Waals surface area contributed by atoms with E-state index in [1.165, 1.54) is 0 Å². The third-order valence-corrected chi connectivity index (χ3v) is 3.43. The third-order valence-electron chi connectivity index (χ3n) is 1.87. The summed E-state index contributed by atoms with van der Waals surface area (Å²) >= 11 is 0. The lowest BCUT2D eigenvalue weighted by Gasteiger charge is -2.07. The van der Waals surface area contributed by atoms with Gasteiger partial charge in [-0.3, -0.25) is 0 Å². The van der Waals surface area contributed by atoms with Crippen molar-refractivity contribution in [1.82, 2.24) is 0 Å². The number of nitrogens with zero attached hydrogens (tertiary/aromatic N) is 1. The van der Waals surface area contributed by atoms with Gasteiger partial charge in [-0.1, -0.05) is 12.1 Å². The molecule has 1 aromatic carbocycles. The highest BCUT2D eigenvalue weighted by Crippen LogP contribution is 2.08. The summed E-state index contributed by atoms with van der Waals surface area (Å²) in [6.07, 6.45) is 0. The van der Waals surface area contributed by atoms with Crippen LogP contribution in [0.1, 0.15) is 11.1 Å². The van der Waals surface area contributed by atoms with E-state index in [9.17, 15) is 8.42 Å². The van der Waals surface area contributed by atoms with E-state index in [2.05, 4.69) is 0 Å². The summed E-state index contributed by atoms with van der Waals surface area (Å²) in [5.74, 6) is -0.212. The summed E-state index contributed by atoms with van der Waals surface area (Å²) in [6.45, 7) is 0. The summed E-state index contributed by atoms with van der Waals surface area (Å²) < 4.78 is 22.7. The number of nitriles is 1. The van der Waals surface area contributed by atoms with E-state index in [0.717, 1.165) is 0 Å². The van der Waals surface area contributed by atoms with Gasteiger partial charge in [0, 0.05) is 0 Å². The van der Waals surface area contributed by atoms with Crippen molar-refractivity contribution in [2.45, 2.75) is 11.3 Å². The second kappa shape index (κ2) is 4.40. The summed E-state index contributed by atoms with van der Waals surface area (Å²) in [7, 11) is -3.50. The predicted octanol–water partition coefficient (Wildman–Crippen LogP) is -0.326. The first-order valence-corrected chi connectivity index (χ1v) is 5.89. The Labute approximate surface area is 88.2 Å². The van der Waals surface area contributed by atoms with E-state index in [1.54, 1.807) is 24.3 Å². The maximum atomic E-state index is 11.3. The van der Waals surface area contributed by atoms with E-state index in [-0.39, 0.29) is 5.75 Å². The molecule has 0 fully saturated rings. The van der Waals surface area contributed by atoms with Gasteiger partial charge in [-0.05, 0) is 17.7 Å². The van der Waals surface area contributed by atoms with Gasteiger partial charge in [0.1, 0.15) is 0 Å². The van der Waals surface area contributed by atoms with Gasteiger partial charge in [0.25, 0.3) is 0 Å². The molecule has 4 N–H and O–H groups in total. The van der Waals surface area contributed by atoms with Gasteiger partial charge < -0.3 is 11.5 Å². The zero-order chi connectivity index (χ0) is 11.5. The van der Waals surface area contributed by atoms with Crippen molar-refractivity contribution in [2.75, 3.05) is 0 Å². The molecule has 80 valence electrons. The van der Waals surface area contributed by atoms with E-state index < -0.39 is 15.3 Å². The molecular weight excluding hydrogens is 214 g/mol. The lowest BCUT2D eigenvalue weighted by Crippen LogP contribution is -2.39. The zero-order valence-corrected chi connectivity index (χ0v) is 8.74. The van der Waals surface area contributed by atoms with Gasteiger partial charge in [-0.25, -0.2) is 8.42 Å². The molecule has 0 aliphatic heterocycles. The van der Waals surface area contributed by atoms with E-state index in [0.29, 0.717) is 11.1 Å². The van der Waals surface area contributed by atoms with Crippen LogP contribution in [0, 0.1) is 11.3 Å². The molecule has 0 amide bonds. The second-order valence-corrected chi connectivity index (χ2v) is 5.24. The Morgan fingerprint density at radius 1 is 1.27 bits per heavy atom. The topological polar surface area (TPSA) is 110 Å². The number of hydrogen-bond donors (Lipinski definition) is 2. The minimum Gasteiger partial charge on any atom is -0.303 e. The van der Waals surface area contributed by atoms with Gasteiger partial charge in [0.15, 0.2) is 15.3 Å². The predicted molar refractivity (Wildman–Crippen MR) is 55.9 cm³/mol. The standard InChI is InChI=1S/C9H11N3O2S/c10-5-7-1-3-8(4-2-7)6-15(13,14)9(11)12/h1-4,9H,6,11-12H2. The minimum absolute atomic E-state index is 0.212. The van der Waals surface area contributed by atoms with Crippen molar-refractivity contribution in [3.8, 4) is 6.07 Å². The van der Waals surface area contributed by atoms with E-state index in [1.807, 2.05) is 6.07 Å². The maximum Gasteiger partial charge on any atom is 0.183 e. The van der Waals surface area contributed by atoms with Gasteiger partial charge in [-0.15, -0.1) is 0 Å². The lowest BCUT2D eigenvalue weighted by atomic mass is 10.2. The van der Waals surface area contributed by atoms with Crippen molar-refractivity contribution in [3.05, 3.63) is 35.4 Å². The monoisotopic (exact) mass is 225 g/mol. The van der Waals surface area contributed by atoms with Crippen LogP contribution in [0.2, 0.25) is 0 Å². The van der Waals surface area contributed by atoms with E-state index >= 15 is 0 Å². The summed E-state index contributed by atoms with van der Waals surface area (Å²) in [6, 6.07) is 8.17. The van der Waals surface area contributed by atoms with Crippen LogP contribution in [0.25, 0.3) is 0 Å². The molecule has 0 saturated heterocycles. The third kappa shape index (κ3) is 3.02. The molecule has 0 bridgehead atoms. The second-order valence-electron chi connectivity index (χ2n) is 3.08. The Kier molecular flexibility index (Phi) is 3.42.